The van der Waals surface area contributed by atoms with Gasteiger partial charge in [0.15, 0.2) is 0 Å². The second-order valence-electron chi connectivity index (χ2n) is 5.36. The van der Waals surface area contributed by atoms with E-state index in [0.717, 1.165) is 5.56 Å². The maximum atomic E-state index is 14.3. The first-order valence-corrected chi connectivity index (χ1v) is 8.34. The highest BCUT2D eigenvalue weighted by Gasteiger charge is 2.31. The van der Waals surface area contributed by atoms with Crippen molar-refractivity contribution in [3.05, 3.63) is 46.4 Å². The molecular formula is C15H15ClFN3OS. The van der Waals surface area contributed by atoms with Gasteiger partial charge in [-0.25, -0.2) is 9.07 Å². The highest BCUT2D eigenvalue weighted by molar-refractivity contribution is 8.00. The van der Waals surface area contributed by atoms with E-state index in [-0.39, 0.29) is 28.8 Å². The quantitative estimate of drug-likeness (QED) is 0.898. The maximum absolute atomic E-state index is 14.3. The fourth-order valence-corrected chi connectivity index (χ4v) is 3.99. The lowest BCUT2D eigenvalue weighted by atomic mass is 10.1. The molecule has 0 saturated heterocycles. The number of carbonyl (C=O) groups excluding carboxylic acids is 1. The minimum absolute atomic E-state index is 0.0869. The van der Waals surface area contributed by atoms with Gasteiger partial charge in [0.25, 0.3) is 0 Å². The molecule has 0 unspecified atom stereocenters. The predicted molar refractivity (Wildman–Crippen MR) is 87.0 cm³/mol. The smallest absolute Gasteiger partial charge is 0.235 e. The van der Waals surface area contributed by atoms with Crippen LogP contribution in [0.4, 0.5) is 10.2 Å². The van der Waals surface area contributed by atoms with Gasteiger partial charge >= 0.3 is 0 Å². The molecule has 1 amide bonds. The molecule has 116 valence electrons. The number of anilines is 1. The second kappa shape index (κ2) is 5.93. The van der Waals surface area contributed by atoms with Gasteiger partial charge in [-0.15, -0.1) is 11.8 Å². The van der Waals surface area contributed by atoms with Crippen molar-refractivity contribution in [2.75, 3.05) is 11.1 Å². The Morgan fingerprint density at radius 1 is 1.50 bits per heavy atom. The molecule has 0 saturated carbocycles. The van der Waals surface area contributed by atoms with Crippen LogP contribution in [0.5, 0.6) is 0 Å². The number of benzene rings is 1. The number of nitrogens with one attached hydrogen (secondary N) is 1. The summed E-state index contributed by atoms with van der Waals surface area (Å²) in [5.74, 6) is 0.364. The average molecular weight is 340 g/mol. The van der Waals surface area contributed by atoms with E-state index in [2.05, 4.69) is 10.4 Å². The summed E-state index contributed by atoms with van der Waals surface area (Å²) in [6.07, 6.45) is 1.68. The summed E-state index contributed by atoms with van der Waals surface area (Å²) in [6, 6.07) is 4.70. The zero-order valence-electron chi connectivity index (χ0n) is 12.1. The first-order chi connectivity index (χ1) is 10.5. The lowest BCUT2D eigenvalue weighted by Crippen LogP contribution is -2.17. The Hall–Kier alpha value is -1.53. The number of fused-ring (bicyclic) bond motifs is 1. The molecule has 0 spiro atoms. The Morgan fingerprint density at radius 3 is 2.95 bits per heavy atom. The first kappa shape index (κ1) is 15.4. The average Bonchev–Trinajstić information content (AvgIpc) is 2.78. The Kier molecular flexibility index (Phi) is 4.14. The number of carbonyl (C=O) groups is 1. The topological polar surface area (TPSA) is 46.9 Å². The molecule has 2 heterocycles. The van der Waals surface area contributed by atoms with Gasteiger partial charge in [-0.3, -0.25) is 4.79 Å². The van der Waals surface area contributed by atoms with E-state index < -0.39 is 0 Å². The molecule has 3 rings (SSSR count). The van der Waals surface area contributed by atoms with Crippen LogP contribution in [-0.4, -0.2) is 21.4 Å². The van der Waals surface area contributed by atoms with Gasteiger partial charge in [0.1, 0.15) is 11.6 Å². The van der Waals surface area contributed by atoms with E-state index in [1.807, 2.05) is 13.8 Å². The van der Waals surface area contributed by atoms with E-state index in [9.17, 15) is 9.18 Å². The maximum Gasteiger partial charge on any atom is 0.235 e. The third kappa shape index (κ3) is 2.61. The first-order valence-electron chi connectivity index (χ1n) is 6.91. The largest absolute Gasteiger partial charge is 0.310 e. The Labute approximate surface area is 137 Å². The number of thioether (sulfide) groups is 1. The summed E-state index contributed by atoms with van der Waals surface area (Å²) in [5.41, 5.74) is 1.17. The van der Waals surface area contributed by atoms with E-state index >= 15 is 0 Å². The van der Waals surface area contributed by atoms with Crippen molar-refractivity contribution in [3.8, 4) is 0 Å². The number of hydrogen-bond acceptors (Lipinski definition) is 3. The normalized spacial score (nSPS) is 18.0. The van der Waals surface area contributed by atoms with Crippen LogP contribution < -0.4 is 5.32 Å². The Balaban J connectivity index is 2.17. The zero-order chi connectivity index (χ0) is 15.9. The molecule has 1 aromatic heterocycles. The molecule has 1 aliphatic rings. The SMILES string of the molecule is CC(C)n1ncc2c1NC(=O)CS[C@H]2c1c(F)cccc1Cl. The van der Waals surface area contributed by atoms with Crippen LogP contribution in [0.3, 0.4) is 0 Å². The summed E-state index contributed by atoms with van der Waals surface area (Å²) < 4.78 is 16.0. The molecule has 2 aromatic rings. The third-order valence-corrected chi connectivity index (χ3v) is 5.08. The van der Waals surface area contributed by atoms with Crippen molar-refractivity contribution in [1.29, 1.82) is 0 Å². The Bertz CT molecular complexity index is 711. The van der Waals surface area contributed by atoms with Crippen LogP contribution in [0.2, 0.25) is 5.02 Å². The molecule has 1 aliphatic heterocycles. The highest BCUT2D eigenvalue weighted by atomic mass is 35.5. The van der Waals surface area contributed by atoms with Crippen LogP contribution in [0.1, 0.15) is 36.3 Å². The molecule has 0 fully saturated rings. The molecule has 4 nitrogen and oxygen atoms in total. The predicted octanol–water partition coefficient (Wildman–Crippen LogP) is 4.03. The minimum Gasteiger partial charge on any atom is -0.310 e. The summed E-state index contributed by atoms with van der Waals surface area (Å²) in [6.45, 7) is 3.95. The minimum atomic E-state index is -0.373. The van der Waals surface area contributed by atoms with Crippen molar-refractivity contribution in [3.63, 3.8) is 0 Å². The molecular weight excluding hydrogens is 325 g/mol. The summed E-state index contributed by atoms with van der Waals surface area (Å²) >= 11 is 7.55. The van der Waals surface area contributed by atoms with E-state index in [0.29, 0.717) is 16.4 Å². The van der Waals surface area contributed by atoms with E-state index in [1.165, 1.54) is 17.8 Å². The number of amides is 1. The van der Waals surface area contributed by atoms with Crippen molar-refractivity contribution in [2.24, 2.45) is 0 Å². The van der Waals surface area contributed by atoms with E-state index in [1.54, 1.807) is 23.0 Å². The van der Waals surface area contributed by atoms with Gasteiger partial charge in [-0.05, 0) is 26.0 Å². The molecule has 7 heteroatoms. The van der Waals surface area contributed by atoms with Crippen LogP contribution in [0.25, 0.3) is 0 Å². The van der Waals surface area contributed by atoms with Gasteiger partial charge in [-0.1, -0.05) is 17.7 Å². The van der Waals surface area contributed by atoms with Crippen molar-refractivity contribution >= 4 is 35.1 Å². The number of halogens is 2. The van der Waals surface area contributed by atoms with E-state index in [4.69, 9.17) is 11.6 Å². The number of nitrogens with zero attached hydrogens (tertiary/aromatic N) is 2. The van der Waals surface area contributed by atoms with Crippen molar-refractivity contribution < 1.29 is 9.18 Å². The molecule has 1 aromatic carbocycles. The number of rotatable bonds is 2. The second-order valence-corrected chi connectivity index (χ2v) is 6.86. The zero-order valence-corrected chi connectivity index (χ0v) is 13.7. The van der Waals surface area contributed by atoms with Crippen molar-refractivity contribution in [2.45, 2.75) is 25.1 Å². The fraction of sp³-hybridized carbons (Fsp3) is 0.333. The van der Waals surface area contributed by atoms with Crippen molar-refractivity contribution in [1.82, 2.24) is 9.78 Å². The lowest BCUT2D eigenvalue weighted by molar-refractivity contribution is -0.113. The van der Waals surface area contributed by atoms with Crippen LogP contribution in [0, 0.1) is 5.82 Å². The summed E-state index contributed by atoms with van der Waals surface area (Å²) in [5, 5.41) is 7.19. The monoisotopic (exact) mass is 339 g/mol. The Morgan fingerprint density at radius 2 is 2.27 bits per heavy atom. The molecule has 1 N–H and O–H groups in total. The molecule has 0 bridgehead atoms. The van der Waals surface area contributed by atoms with Gasteiger partial charge in [-0.2, -0.15) is 5.10 Å². The van der Waals surface area contributed by atoms with Gasteiger partial charge < -0.3 is 5.32 Å². The third-order valence-electron chi connectivity index (χ3n) is 3.50. The number of hydrogen-bond donors (Lipinski definition) is 1. The van der Waals surface area contributed by atoms with Crippen LogP contribution in [-0.2, 0) is 4.79 Å². The van der Waals surface area contributed by atoms with Crippen LogP contribution >= 0.6 is 23.4 Å². The lowest BCUT2D eigenvalue weighted by Gasteiger charge is -2.17. The van der Waals surface area contributed by atoms with Gasteiger partial charge in [0, 0.05) is 22.2 Å². The fourth-order valence-electron chi connectivity index (χ4n) is 2.51. The molecule has 1 atom stereocenters. The summed E-state index contributed by atoms with van der Waals surface area (Å²) in [7, 11) is 0. The molecule has 0 aliphatic carbocycles. The van der Waals surface area contributed by atoms with Crippen LogP contribution in [0.15, 0.2) is 24.4 Å². The molecule has 0 radical (unpaired) electrons. The van der Waals surface area contributed by atoms with Gasteiger partial charge in [0.05, 0.1) is 17.2 Å². The van der Waals surface area contributed by atoms with Gasteiger partial charge in [0.2, 0.25) is 5.91 Å². The standard InChI is InChI=1S/C15H15ClFN3OS/c1-8(2)20-15-9(6-18-20)14(22-7-12(21)19-15)13-10(16)4-3-5-11(13)17/h3-6,8,14H,7H2,1-2H3,(H,19,21)/t14-/m1/s1. The summed E-state index contributed by atoms with van der Waals surface area (Å²) in [4.78, 5) is 12.0. The highest BCUT2D eigenvalue weighted by Crippen LogP contribution is 2.45. The number of aromatic nitrogens is 2. The molecule has 22 heavy (non-hydrogen) atoms.